The fourth-order valence-corrected chi connectivity index (χ4v) is 0.288. The zero-order valence-corrected chi connectivity index (χ0v) is 6.19. The Bertz CT molecular complexity index is 132. The number of halogens is 1. The molecule has 10 heavy (non-hydrogen) atoms. The first kappa shape index (κ1) is 11.9. The quantitative estimate of drug-likeness (QED) is 0.588. The highest BCUT2D eigenvalue weighted by Crippen LogP contribution is 1.81. The molecule has 58 valence electrons. The number of carbonyl (C=O) groups is 1. The maximum absolute atomic E-state index is 10.3. The van der Waals surface area contributed by atoms with Crippen molar-refractivity contribution in [2.45, 2.75) is 6.42 Å². The highest BCUT2D eigenvalue weighted by Gasteiger charge is 1.97. The number of nitrogens with two attached hydrogens (primary N) is 1. The standard InChI is InChI=1S/C5H8N2O2.ClH/c6-2-1-5(8)9-4-3-7;/h1,3-4,7H2;1H. The van der Waals surface area contributed by atoms with E-state index < -0.39 is 5.97 Å². The van der Waals surface area contributed by atoms with Gasteiger partial charge in [-0.25, -0.2) is 0 Å². The van der Waals surface area contributed by atoms with Gasteiger partial charge in [-0.1, -0.05) is 0 Å². The fraction of sp³-hybridized carbons (Fsp3) is 0.600. The van der Waals surface area contributed by atoms with Crippen molar-refractivity contribution < 1.29 is 9.53 Å². The van der Waals surface area contributed by atoms with Crippen LogP contribution in [0.25, 0.3) is 0 Å². The van der Waals surface area contributed by atoms with Crippen LogP contribution in [0.5, 0.6) is 0 Å². The molecule has 0 aliphatic heterocycles. The average Bonchev–Trinajstić information content (AvgIpc) is 1.85. The number of carbonyl (C=O) groups excluding carboxylic acids is 1. The summed E-state index contributed by atoms with van der Waals surface area (Å²) in [6, 6.07) is 1.66. The minimum absolute atomic E-state index is 0. The second kappa shape index (κ2) is 8.21. The molecule has 5 heteroatoms. The molecule has 0 heterocycles. The van der Waals surface area contributed by atoms with E-state index in [1.165, 1.54) is 0 Å². The van der Waals surface area contributed by atoms with Crippen molar-refractivity contribution in [1.29, 1.82) is 5.26 Å². The van der Waals surface area contributed by atoms with Crippen molar-refractivity contribution in [2.75, 3.05) is 13.2 Å². The predicted molar refractivity (Wildman–Crippen MR) is 37.5 cm³/mol. The Hall–Kier alpha value is -0.790. The van der Waals surface area contributed by atoms with Crippen LogP contribution in [0.3, 0.4) is 0 Å². The lowest BCUT2D eigenvalue weighted by atomic mass is 10.5. The van der Waals surface area contributed by atoms with Gasteiger partial charge in [0.15, 0.2) is 0 Å². The molecule has 0 spiro atoms. The molecule has 0 aromatic carbocycles. The normalized spacial score (nSPS) is 7.20. The molecule has 0 atom stereocenters. The highest BCUT2D eigenvalue weighted by molar-refractivity contribution is 5.85. The van der Waals surface area contributed by atoms with Crippen molar-refractivity contribution in [3.8, 4) is 6.07 Å². The summed E-state index contributed by atoms with van der Waals surface area (Å²) in [5.41, 5.74) is 5.01. The van der Waals surface area contributed by atoms with Crippen LogP contribution >= 0.6 is 12.4 Å². The molecule has 0 amide bonds. The number of rotatable bonds is 3. The molecule has 0 radical (unpaired) electrons. The number of nitrogens with zero attached hydrogens (tertiary/aromatic N) is 1. The summed E-state index contributed by atoms with van der Waals surface area (Å²) in [5.74, 6) is -0.511. The molecule has 4 nitrogen and oxygen atoms in total. The minimum Gasteiger partial charge on any atom is -0.464 e. The zero-order chi connectivity index (χ0) is 7.11. The van der Waals surface area contributed by atoms with E-state index in [4.69, 9.17) is 11.0 Å². The van der Waals surface area contributed by atoms with Crippen molar-refractivity contribution in [3.63, 3.8) is 0 Å². The molecule has 0 aromatic rings. The summed E-state index contributed by atoms with van der Waals surface area (Å²) in [6.07, 6.45) is -0.194. The molecule has 0 unspecified atom stereocenters. The van der Waals surface area contributed by atoms with Crippen LogP contribution < -0.4 is 5.73 Å². The van der Waals surface area contributed by atoms with E-state index in [9.17, 15) is 4.79 Å². The summed E-state index contributed by atoms with van der Waals surface area (Å²) in [7, 11) is 0. The summed E-state index contributed by atoms with van der Waals surface area (Å²) in [6.45, 7) is 0.498. The Balaban J connectivity index is 0. The molecule has 0 fully saturated rings. The van der Waals surface area contributed by atoms with Crippen molar-refractivity contribution in [1.82, 2.24) is 0 Å². The Morgan fingerprint density at radius 1 is 1.70 bits per heavy atom. The van der Waals surface area contributed by atoms with Gasteiger partial charge in [0.25, 0.3) is 0 Å². The summed E-state index contributed by atoms with van der Waals surface area (Å²) in [4.78, 5) is 10.3. The van der Waals surface area contributed by atoms with Gasteiger partial charge < -0.3 is 10.5 Å². The third-order valence-corrected chi connectivity index (χ3v) is 0.604. The number of esters is 1. The van der Waals surface area contributed by atoms with E-state index in [0.29, 0.717) is 6.54 Å². The number of ether oxygens (including phenoxy) is 1. The minimum atomic E-state index is -0.511. The van der Waals surface area contributed by atoms with Crippen LogP contribution in [0.1, 0.15) is 6.42 Å². The molecule has 0 saturated heterocycles. The van der Waals surface area contributed by atoms with Gasteiger partial charge in [-0.15, -0.1) is 12.4 Å². The lowest BCUT2D eigenvalue weighted by Gasteiger charge is -1.96. The largest absolute Gasteiger partial charge is 0.464 e. The maximum Gasteiger partial charge on any atom is 0.320 e. The molecule has 0 saturated carbocycles. The Kier molecular flexibility index (Phi) is 9.80. The van der Waals surface area contributed by atoms with Crippen LogP contribution in [-0.4, -0.2) is 19.1 Å². The van der Waals surface area contributed by atoms with Gasteiger partial charge >= 0.3 is 5.97 Å². The van der Waals surface area contributed by atoms with Crippen molar-refractivity contribution in [3.05, 3.63) is 0 Å². The van der Waals surface area contributed by atoms with Crippen LogP contribution in [0.15, 0.2) is 0 Å². The summed E-state index contributed by atoms with van der Waals surface area (Å²) < 4.78 is 4.45. The molecule has 0 aliphatic carbocycles. The van der Waals surface area contributed by atoms with Crippen LogP contribution in [0, 0.1) is 11.3 Å². The van der Waals surface area contributed by atoms with Crippen molar-refractivity contribution >= 4 is 18.4 Å². The predicted octanol–water partition coefficient (Wildman–Crippen LogP) is -0.176. The van der Waals surface area contributed by atoms with Gasteiger partial charge in [0.2, 0.25) is 0 Å². The maximum atomic E-state index is 10.3. The van der Waals surface area contributed by atoms with Gasteiger partial charge in [-0.05, 0) is 0 Å². The van der Waals surface area contributed by atoms with Gasteiger partial charge in [0.05, 0.1) is 6.07 Å². The van der Waals surface area contributed by atoms with E-state index >= 15 is 0 Å². The van der Waals surface area contributed by atoms with Gasteiger partial charge in [0, 0.05) is 6.54 Å². The topological polar surface area (TPSA) is 76.1 Å². The van der Waals surface area contributed by atoms with Gasteiger partial charge in [0.1, 0.15) is 13.0 Å². The van der Waals surface area contributed by atoms with Crippen molar-refractivity contribution in [2.24, 2.45) is 5.73 Å². The molecule has 0 aromatic heterocycles. The zero-order valence-electron chi connectivity index (χ0n) is 5.37. The summed E-state index contributed by atoms with van der Waals surface area (Å²) >= 11 is 0. The second-order valence-electron chi connectivity index (χ2n) is 1.34. The average molecular weight is 165 g/mol. The van der Waals surface area contributed by atoms with E-state index in [-0.39, 0.29) is 25.4 Å². The first-order valence-electron chi connectivity index (χ1n) is 2.54. The fourth-order valence-electron chi connectivity index (χ4n) is 0.288. The third kappa shape index (κ3) is 7.21. The molecule has 0 rings (SSSR count). The SMILES string of the molecule is Cl.N#CCC(=O)OCCN. The summed E-state index contributed by atoms with van der Waals surface area (Å²) in [5, 5.41) is 7.95. The Morgan fingerprint density at radius 3 is 2.70 bits per heavy atom. The lowest BCUT2D eigenvalue weighted by Crippen LogP contribution is -2.12. The lowest BCUT2D eigenvalue weighted by molar-refractivity contribution is -0.142. The van der Waals surface area contributed by atoms with E-state index in [1.54, 1.807) is 6.07 Å². The van der Waals surface area contributed by atoms with Crippen LogP contribution in [0.4, 0.5) is 0 Å². The van der Waals surface area contributed by atoms with E-state index in [2.05, 4.69) is 4.74 Å². The molecular weight excluding hydrogens is 156 g/mol. The highest BCUT2D eigenvalue weighted by atomic mass is 35.5. The third-order valence-electron chi connectivity index (χ3n) is 0.604. The van der Waals surface area contributed by atoms with Gasteiger partial charge in [-0.2, -0.15) is 5.26 Å². The molecule has 0 bridgehead atoms. The Morgan fingerprint density at radius 2 is 2.30 bits per heavy atom. The number of hydrogen-bond acceptors (Lipinski definition) is 4. The first-order chi connectivity index (χ1) is 4.31. The molecule has 2 N–H and O–H groups in total. The van der Waals surface area contributed by atoms with Crippen LogP contribution in [-0.2, 0) is 9.53 Å². The van der Waals surface area contributed by atoms with Crippen LogP contribution in [0.2, 0.25) is 0 Å². The number of nitriles is 1. The van der Waals surface area contributed by atoms with Gasteiger partial charge in [-0.3, -0.25) is 4.79 Å². The monoisotopic (exact) mass is 164 g/mol. The molecule has 0 aliphatic rings. The number of hydrogen-bond donors (Lipinski definition) is 1. The van der Waals surface area contributed by atoms with E-state index in [1.807, 2.05) is 0 Å². The first-order valence-corrected chi connectivity index (χ1v) is 2.54. The smallest absolute Gasteiger partial charge is 0.320 e. The Labute approximate surface area is 65.4 Å². The van der Waals surface area contributed by atoms with E-state index in [0.717, 1.165) is 0 Å². The molecular formula is C5H9ClN2O2. The second-order valence-corrected chi connectivity index (χ2v) is 1.34.